The maximum atomic E-state index is 15.0. The number of piperidine rings is 1. The molecule has 9 nitrogen and oxygen atoms in total. The van der Waals surface area contributed by atoms with Gasteiger partial charge in [0.1, 0.15) is 10.7 Å². The number of fused-ring (bicyclic) bond motifs is 1. The van der Waals surface area contributed by atoms with Crippen LogP contribution in [0.4, 0.5) is 20.3 Å². The summed E-state index contributed by atoms with van der Waals surface area (Å²) in [5.74, 6) is -3.15. The number of aromatic nitrogens is 1. The van der Waals surface area contributed by atoms with Gasteiger partial charge < -0.3 is 9.32 Å². The minimum Gasteiger partial charge on any atom is -0.448 e. The number of rotatable bonds is 5. The first-order valence-electron chi connectivity index (χ1n) is 9.40. The zero-order valence-corrected chi connectivity index (χ0v) is 16.9. The Bertz CT molecular complexity index is 1260. The number of halogens is 2. The lowest BCUT2D eigenvalue weighted by atomic mass is 10.1. The van der Waals surface area contributed by atoms with Crippen LogP contribution in [0, 0.1) is 11.6 Å². The maximum absolute atomic E-state index is 15.0. The van der Waals surface area contributed by atoms with E-state index < -0.39 is 43.8 Å². The van der Waals surface area contributed by atoms with E-state index >= 15 is 0 Å². The summed E-state index contributed by atoms with van der Waals surface area (Å²) >= 11 is 0. The smallest absolute Gasteiger partial charge is 0.310 e. The quantitative estimate of drug-likeness (QED) is 0.401. The van der Waals surface area contributed by atoms with Crippen molar-refractivity contribution in [3.05, 3.63) is 47.9 Å². The zero-order chi connectivity index (χ0) is 22.2. The van der Waals surface area contributed by atoms with Gasteiger partial charge in [-0.1, -0.05) is 0 Å². The van der Waals surface area contributed by atoms with Gasteiger partial charge in [-0.15, -0.1) is 0 Å². The highest BCUT2D eigenvalue weighted by Gasteiger charge is 2.27. The number of nitrogens with one attached hydrogen (secondary N) is 2. The van der Waals surface area contributed by atoms with Crippen molar-refractivity contribution >= 4 is 38.4 Å². The van der Waals surface area contributed by atoms with Gasteiger partial charge in [0.25, 0.3) is 10.0 Å². The summed E-state index contributed by atoms with van der Waals surface area (Å²) in [7, 11) is -4.50. The normalized spacial score (nSPS) is 14.6. The minimum absolute atomic E-state index is 0.110. The molecule has 3 N–H and O–H groups in total. The van der Waals surface area contributed by atoms with Gasteiger partial charge in [0.05, 0.1) is 11.9 Å². The van der Waals surface area contributed by atoms with E-state index in [-0.39, 0.29) is 16.9 Å². The van der Waals surface area contributed by atoms with Crippen LogP contribution in [0.25, 0.3) is 11.0 Å². The Balaban J connectivity index is 1.73. The second-order valence-corrected chi connectivity index (χ2v) is 8.68. The molecule has 0 aliphatic carbocycles. The molecular weight excluding hydrogens is 434 g/mol. The fraction of sp³-hybridized carbons (Fsp3) is 0.263. The first-order valence-corrected chi connectivity index (χ1v) is 10.9. The van der Waals surface area contributed by atoms with E-state index in [4.69, 9.17) is 9.62 Å². The molecule has 1 aromatic carbocycles. The average Bonchev–Trinajstić information content (AvgIpc) is 3.19. The molecule has 3 heterocycles. The molecule has 0 bridgehead atoms. The summed E-state index contributed by atoms with van der Waals surface area (Å²) in [6, 6.07) is 4.39. The lowest BCUT2D eigenvalue weighted by Crippen LogP contribution is -2.31. The van der Waals surface area contributed by atoms with Crippen molar-refractivity contribution in [3.8, 4) is 0 Å². The van der Waals surface area contributed by atoms with E-state index in [9.17, 15) is 22.0 Å². The average molecular weight is 452 g/mol. The maximum Gasteiger partial charge on any atom is 0.310 e. The van der Waals surface area contributed by atoms with E-state index in [2.05, 4.69) is 9.71 Å². The summed E-state index contributed by atoms with van der Waals surface area (Å²) in [4.78, 5) is 16.6. The molecule has 0 spiro atoms. The highest BCUT2D eigenvalue weighted by Crippen LogP contribution is 2.32. The van der Waals surface area contributed by atoms with E-state index in [1.807, 2.05) is 4.90 Å². The molecule has 1 aliphatic rings. The van der Waals surface area contributed by atoms with Crippen LogP contribution in [0.5, 0.6) is 0 Å². The van der Waals surface area contributed by atoms with Gasteiger partial charge in [-0.05, 0) is 37.5 Å². The SMILES string of the molecule is O=C(NO)c1cc2ccc(S(=O)(=O)Nc3cc(F)cnc3N3CCCCC3)c(F)c2o1. The Morgan fingerprint density at radius 2 is 1.90 bits per heavy atom. The number of benzene rings is 1. The van der Waals surface area contributed by atoms with Crippen LogP contribution in [0.1, 0.15) is 29.8 Å². The van der Waals surface area contributed by atoms with Crippen LogP contribution in [0.3, 0.4) is 0 Å². The van der Waals surface area contributed by atoms with Crippen LogP contribution in [-0.4, -0.2) is 37.6 Å². The first-order chi connectivity index (χ1) is 14.8. The highest BCUT2D eigenvalue weighted by atomic mass is 32.2. The molecule has 0 unspecified atom stereocenters. The van der Waals surface area contributed by atoms with Crippen molar-refractivity contribution in [3.63, 3.8) is 0 Å². The molecule has 0 radical (unpaired) electrons. The molecule has 1 amide bonds. The van der Waals surface area contributed by atoms with Crippen LogP contribution >= 0.6 is 0 Å². The van der Waals surface area contributed by atoms with Crippen molar-refractivity contribution in [2.45, 2.75) is 24.2 Å². The van der Waals surface area contributed by atoms with Crippen molar-refractivity contribution in [2.75, 3.05) is 22.7 Å². The molecule has 2 aromatic heterocycles. The number of sulfonamides is 1. The first kappa shape index (κ1) is 21.0. The van der Waals surface area contributed by atoms with E-state index in [0.29, 0.717) is 13.1 Å². The van der Waals surface area contributed by atoms with Crippen molar-refractivity contribution < 1.29 is 31.6 Å². The predicted octanol–water partition coefficient (Wildman–Crippen LogP) is 3.02. The number of furan rings is 1. The van der Waals surface area contributed by atoms with Crippen LogP contribution in [0.15, 0.2) is 39.8 Å². The molecule has 31 heavy (non-hydrogen) atoms. The molecular formula is C19H18F2N4O5S. The Hall–Kier alpha value is -3.25. The molecule has 1 aliphatic heterocycles. The summed E-state index contributed by atoms with van der Waals surface area (Å²) in [6.07, 6.45) is 3.80. The second kappa shape index (κ2) is 8.12. The van der Waals surface area contributed by atoms with Gasteiger partial charge >= 0.3 is 5.91 Å². The number of carbonyl (C=O) groups is 1. The molecule has 12 heteroatoms. The number of hydroxylamine groups is 1. The summed E-state index contributed by atoms with van der Waals surface area (Å²) in [6.45, 7) is 1.27. The second-order valence-electron chi connectivity index (χ2n) is 7.03. The van der Waals surface area contributed by atoms with E-state index in [0.717, 1.165) is 43.7 Å². The van der Waals surface area contributed by atoms with E-state index in [1.54, 1.807) is 0 Å². The number of hydrogen-bond acceptors (Lipinski definition) is 7. The van der Waals surface area contributed by atoms with E-state index in [1.165, 1.54) is 11.5 Å². The Kier molecular flexibility index (Phi) is 5.50. The van der Waals surface area contributed by atoms with Crippen molar-refractivity contribution in [2.24, 2.45) is 0 Å². The fourth-order valence-electron chi connectivity index (χ4n) is 3.49. The van der Waals surface area contributed by atoms with Gasteiger partial charge in [-0.25, -0.2) is 27.7 Å². The molecule has 0 atom stereocenters. The number of pyridine rings is 1. The number of anilines is 2. The van der Waals surface area contributed by atoms with Gasteiger partial charge in [-0.3, -0.25) is 14.7 Å². The summed E-state index contributed by atoms with van der Waals surface area (Å²) < 4.78 is 61.9. The molecule has 164 valence electrons. The zero-order valence-electron chi connectivity index (χ0n) is 16.1. The molecule has 4 rings (SSSR count). The third kappa shape index (κ3) is 4.03. The molecule has 1 fully saturated rings. The summed E-state index contributed by atoms with van der Waals surface area (Å²) in [5.41, 5.74) is 0.762. The largest absolute Gasteiger partial charge is 0.448 e. The molecule has 1 saturated heterocycles. The van der Waals surface area contributed by atoms with Crippen LogP contribution in [-0.2, 0) is 10.0 Å². The van der Waals surface area contributed by atoms with Gasteiger partial charge in [0.2, 0.25) is 0 Å². The predicted molar refractivity (Wildman–Crippen MR) is 106 cm³/mol. The van der Waals surface area contributed by atoms with Gasteiger partial charge in [0, 0.05) is 24.5 Å². The molecule has 3 aromatic rings. The number of amides is 1. The third-order valence-electron chi connectivity index (χ3n) is 4.94. The Morgan fingerprint density at radius 1 is 1.16 bits per heavy atom. The number of nitrogens with zero attached hydrogens (tertiary/aromatic N) is 2. The standard InChI is InChI=1S/C19H18F2N4O5S/c20-12-9-13(18(22-10-12)25-6-2-1-3-7-25)24-31(28,29)15-5-4-11-8-14(19(26)23-27)30-17(11)16(15)21/h4-5,8-10,24,27H,1-3,6-7H2,(H,23,26). The lowest BCUT2D eigenvalue weighted by molar-refractivity contribution is 0.0678. The highest BCUT2D eigenvalue weighted by molar-refractivity contribution is 7.92. The monoisotopic (exact) mass is 452 g/mol. The lowest BCUT2D eigenvalue weighted by Gasteiger charge is -2.29. The number of carbonyl (C=O) groups excluding carboxylic acids is 1. The van der Waals surface area contributed by atoms with Gasteiger partial charge in [0.15, 0.2) is 23.0 Å². The van der Waals surface area contributed by atoms with Crippen molar-refractivity contribution in [1.29, 1.82) is 0 Å². The fourth-order valence-corrected chi connectivity index (χ4v) is 4.62. The van der Waals surface area contributed by atoms with Crippen molar-refractivity contribution in [1.82, 2.24) is 10.5 Å². The van der Waals surface area contributed by atoms with Gasteiger partial charge in [-0.2, -0.15) is 0 Å². The number of hydrogen-bond donors (Lipinski definition) is 3. The van der Waals surface area contributed by atoms with Crippen LogP contribution < -0.4 is 15.1 Å². The third-order valence-corrected chi connectivity index (χ3v) is 6.32. The Morgan fingerprint density at radius 3 is 2.61 bits per heavy atom. The minimum atomic E-state index is -4.50. The summed E-state index contributed by atoms with van der Waals surface area (Å²) in [5, 5.41) is 8.81. The molecule has 0 saturated carbocycles. The topological polar surface area (TPSA) is 125 Å². The Labute approximate surface area is 175 Å². The van der Waals surface area contributed by atoms with Crippen LogP contribution in [0.2, 0.25) is 0 Å².